The van der Waals surface area contributed by atoms with E-state index in [1.807, 2.05) is 19.2 Å². The molecule has 0 fully saturated rings. The van der Waals surface area contributed by atoms with Crippen LogP contribution in [0, 0.1) is 6.92 Å². The number of carbonyl (C=O) groups is 1. The van der Waals surface area contributed by atoms with Gasteiger partial charge < -0.3 is 10.1 Å². The predicted molar refractivity (Wildman–Crippen MR) is 85.7 cm³/mol. The summed E-state index contributed by atoms with van der Waals surface area (Å²) >= 11 is 13.7. The molecule has 0 bridgehead atoms. The van der Waals surface area contributed by atoms with Crippen LogP contribution in [-0.4, -0.2) is 18.0 Å². The second-order valence-corrected chi connectivity index (χ2v) is 6.30. The molecule has 1 heterocycles. The highest BCUT2D eigenvalue weighted by molar-refractivity contribution is 7.09. The van der Waals surface area contributed by atoms with E-state index in [0.29, 0.717) is 5.02 Å². The predicted octanol–water partition coefficient (Wildman–Crippen LogP) is 4.26. The first-order valence-electron chi connectivity index (χ1n) is 6.19. The van der Waals surface area contributed by atoms with E-state index in [1.54, 1.807) is 12.1 Å². The third-order valence-corrected chi connectivity index (χ3v) is 4.32. The first-order chi connectivity index (χ1) is 9.93. The van der Waals surface area contributed by atoms with Crippen molar-refractivity contribution in [3.05, 3.63) is 43.8 Å². The minimum Gasteiger partial charge on any atom is -0.494 e. The second kappa shape index (κ2) is 6.64. The highest BCUT2D eigenvalue weighted by Crippen LogP contribution is 2.34. The van der Waals surface area contributed by atoms with Crippen LogP contribution in [0.3, 0.4) is 0 Å². The van der Waals surface area contributed by atoms with Gasteiger partial charge in [-0.15, -0.1) is 11.3 Å². The van der Waals surface area contributed by atoms with Crippen molar-refractivity contribution in [2.45, 2.75) is 19.9 Å². The smallest absolute Gasteiger partial charge is 0.257 e. The molecule has 0 saturated carbocycles. The lowest BCUT2D eigenvalue weighted by molar-refractivity contribution is 0.0936. The number of aromatic nitrogens is 1. The number of nitrogens with one attached hydrogen (secondary N) is 1. The number of hydrogen-bond acceptors (Lipinski definition) is 4. The van der Waals surface area contributed by atoms with Gasteiger partial charge in [0.25, 0.3) is 5.91 Å². The van der Waals surface area contributed by atoms with Gasteiger partial charge in [0.2, 0.25) is 0 Å². The molecule has 1 aromatic carbocycles. The van der Waals surface area contributed by atoms with Gasteiger partial charge >= 0.3 is 0 Å². The first-order valence-corrected chi connectivity index (χ1v) is 7.82. The number of nitrogens with zero attached hydrogens (tertiary/aromatic N) is 1. The van der Waals surface area contributed by atoms with Gasteiger partial charge in [0.15, 0.2) is 5.75 Å². The Morgan fingerprint density at radius 1 is 1.38 bits per heavy atom. The van der Waals surface area contributed by atoms with Gasteiger partial charge in [0, 0.05) is 5.38 Å². The maximum absolute atomic E-state index is 12.4. The van der Waals surface area contributed by atoms with Crippen molar-refractivity contribution >= 4 is 40.4 Å². The zero-order chi connectivity index (χ0) is 15.6. The van der Waals surface area contributed by atoms with Crippen molar-refractivity contribution in [1.82, 2.24) is 10.3 Å². The zero-order valence-corrected chi connectivity index (χ0v) is 14.1. The van der Waals surface area contributed by atoms with E-state index in [1.165, 1.54) is 18.4 Å². The fraction of sp³-hybridized carbons (Fsp3) is 0.286. The van der Waals surface area contributed by atoms with E-state index < -0.39 is 0 Å². The average molecular weight is 345 g/mol. The van der Waals surface area contributed by atoms with Crippen LogP contribution in [0.1, 0.15) is 34.0 Å². The third-order valence-electron chi connectivity index (χ3n) is 2.92. The topological polar surface area (TPSA) is 51.2 Å². The summed E-state index contributed by atoms with van der Waals surface area (Å²) in [6.45, 7) is 3.77. The Morgan fingerprint density at radius 3 is 2.62 bits per heavy atom. The molecule has 21 heavy (non-hydrogen) atoms. The van der Waals surface area contributed by atoms with E-state index in [9.17, 15) is 4.79 Å². The molecule has 0 aliphatic rings. The number of ether oxygens (including phenoxy) is 1. The van der Waals surface area contributed by atoms with E-state index in [2.05, 4.69) is 10.3 Å². The molecular weight excluding hydrogens is 331 g/mol. The van der Waals surface area contributed by atoms with Gasteiger partial charge in [-0.05, 0) is 26.0 Å². The largest absolute Gasteiger partial charge is 0.494 e. The summed E-state index contributed by atoms with van der Waals surface area (Å²) in [5.41, 5.74) is 1.04. The van der Waals surface area contributed by atoms with Crippen LogP contribution in [0.5, 0.6) is 5.75 Å². The molecule has 0 spiro atoms. The quantitative estimate of drug-likeness (QED) is 0.901. The lowest BCUT2D eigenvalue weighted by Crippen LogP contribution is -2.27. The van der Waals surface area contributed by atoms with Crippen molar-refractivity contribution in [3.63, 3.8) is 0 Å². The molecular formula is C14H14Cl2N2O2S. The Hall–Kier alpha value is -1.30. The van der Waals surface area contributed by atoms with Crippen LogP contribution >= 0.6 is 34.5 Å². The fourth-order valence-electron chi connectivity index (χ4n) is 1.87. The van der Waals surface area contributed by atoms with E-state index in [0.717, 1.165) is 10.7 Å². The summed E-state index contributed by atoms with van der Waals surface area (Å²) in [6.07, 6.45) is 0. The van der Waals surface area contributed by atoms with Gasteiger partial charge in [0.05, 0.1) is 33.9 Å². The molecule has 0 aliphatic carbocycles. The zero-order valence-electron chi connectivity index (χ0n) is 11.7. The van der Waals surface area contributed by atoms with Crippen LogP contribution in [0.4, 0.5) is 0 Å². The number of rotatable bonds is 4. The average Bonchev–Trinajstić information content (AvgIpc) is 2.87. The number of amides is 1. The van der Waals surface area contributed by atoms with Crippen LogP contribution < -0.4 is 10.1 Å². The highest BCUT2D eigenvalue weighted by Gasteiger charge is 2.21. The maximum Gasteiger partial charge on any atom is 0.257 e. The molecule has 2 rings (SSSR count). The maximum atomic E-state index is 12.4. The normalized spacial score (nSPS) is 12.0. The third kappa shape index (κ3) is 3.48. The number of hydrogen-bond donors (Lipinski definition) is 1. The number of aryl methyl sites for hydroxylation is 1. The first kappa shape index (κ1) is 16.1. The second-order valence-electron chi connectivity index (χ2n) is 4.42. The summed E-state index contributed by atoms with van der Waals surface area (Å²) in [4.78, 5) is 16.8. The van der Waals surface area contributed by atoms with Gasteiger partial charge in [-0.25, -0.2) is 4.98 Å². The number of halogens is 2. The number of carbonyl (C=O) groups excluding carboxylic acids is 1. The van der Waals surface area contributed by atoms with Gasteiger partial charge in [0.1, 0.15) is 5.56 Å². The minimum atomic E-state index is -0.350. The highest BCUT2D eigenvalue weighted by atomic mass is 35.5. The SMILES string of the molecule is COc1c(Cl)ccc(Cl)c1C(=O)NC(C)c1csc(C)n1. The van der Waals surface area contributed by atoms with Crippen LogP contribution in [0.2, 0.25) is 10.0 Å². The van der Waals surface area contributed by atoms with E-state index >= 15 is 0 Å². The Bertz CT molecular complexity index is 673. The molecule has 0 saturated heterocycles. The van der Waals surface area contributed by atoms with Crippen LogP contribution in [0.15, 0.2) is 17.5 Å². The summed E-state index contributed by atoms with van der Waals surface area (Å²) in [5, 5.41) is 6.34. The van der Waals surface area contributed by atoms with Crippen molar-refractivity contribution in [3.8, 4) is 5.75 Å². The monoisotopic (exact) mass is 344 g/mol. The van der Waals surface area contributed by atoms with E-state index in [-0.39, 0.29) is 28.3 Å². The van der Waals surface area contributed by atoms with Crippen LogP contribution in [-0.2, 0) is 0 Å². The van der Waals surface area contributed by atoms with Crippen molar-refractivity contribution in [2.75, 3.05) is 7.11 Å². The van der Waals surface area contributed by atoms with Gasteiger partial charge in [-0.1, -0.05) is 23.2 Å². The molecule has 1 amide bonds. The lowest BCUT2D eigenvalue weighted by atomic mass is 10.1. The summed E-state index contributed by atoms with van der Waals surface area (Å²) in [7, 11) is 1.45. The minimum absolute atomic E-state index is 0.227. The molecule has 0 aliphatic heterocycles. The fourth-order valence-corrected chi connectivity index (χ4v) is 3.04. The van der Waals surface area contributed by atoms with Crippen molar-refractivity contribution in [2.24, 2.45) is 0 Å². The lowest BCUT2D eigenvalue weighted by Gasteiger charge is -2.15. The Labute approximate surface area is 137 Å². The molecule has 112 valence electrons. The van der Waals surface area contributed by atoms with Crippen molar-refractivity contribution in [1.29, 1.82) is 0 Å². The number of benzene rings is 1. The van der Waals surface area contributed by atoms with Gasteiger partial charge in [-0.2, -0.15) is 0 Å². The van der Waals surface area contributed by atoms with E-state index in [4.69, 9.17) is 27.9 Å². The molecule has 1 atom stereocenters. The molecule has 1 aromatic heterocycles. The Kier molecular flexibility index (Phi) is 5.08. The summed E-state index contributed by atoms with van der Waals surface area (Å²) in [5.74, 6) is -0.0826. The Balaban J connectivity index is 2.27. The molecule has 2 aromatic rings. The molecule has 7 heteroatoms. The standard InChI is InChI=1S/C14H14Cl2N2O2S/c1-7(11-6-21-8(2)18-11)17-14(19)12-9(15)4-5-10(16)13(12)20-3/h4-7H,1-3H3,(H,17,19). The van der Waals surface area contributed by atoms with Crippen molar-refractivity contribution < 1.29 is 9.53 Å². The number of thiazole rings is 1. The molecule has 1 N–H and O–H groups in total. The molecule has 4 nitrogen and oxygen atoms in total. The summed E-state index contributed by atoms with van der Waals surface area (Å²) < 4.78 is 5.18. The number of methoxy groups -OCH3 is 1. The van der Waals surface area contributed by atoms with Gasteiger partial charge in [-0.3, -0.25) is 4.79 Å². The Morgan fingerprint density at radius 2 is 2.05 bits per heavy atom. The summed E-state index contributed by atoms with van der Waals surface area (Å²) in [6, 6.07) is 2.92. The molecule has 0 radical (unpaired) electrons. The van der Waals surface area contributed by atoms with Crippen LogP contribution in [0.25, 0.3) is 0 Å². The molecule has 1 unspecified atom stereocenters.